The van der Waals surface area contributed by atoms with Crippen LogP contribution in [0.5, 0.6) is 5.75 Å². The van der Waals surface area contributed by atoms with Crippen LogP contribution in [0.3, 0.4) is 0 Å². The van der Waals surface area contributed by atoms with Crippen LogP contribution in [0.4, 0.5) is 8.78 Å². The second kappa shape index (κ2) is 6.80. The minimum atomic E-state index is -0.822. The average Bonchev–Trinajstić information content (AvgIpc) is 2.57. The van der Waals surface area contributed by atoms with Crippen molar-refractivity contribution < 1.29 is 13.5 Å². The van der Waals surface area contributed by atoms with Crippen LogP contribution in [0.15, 0.2) is 47.7 Å². The molecule has 5 nitrogen and oxygen atoms in total. The smallest absolute Gasteiger partial charge is 0.297 e. The van der Waals surface area contributed by atoms with Gasteiger partial charge in [0.15, 0.2) is 11.6 Å². The number of halogens is 2. The highest BCUT2D eigenvalue weighted by molar-refractivity contribution is 5.41. The molecule has 0 aliphatic heterocycles. The SMILES string of the molecule is Cc1cnccc1-n1c(C)ccc(OCc2ncc(F)cc2F)c1=O. The molecule has 3 aromatic heterocycles. The van der Waals surface area contributed by atoms with Crippen molar-refractivity contribution in [1.29, 1.82) is 0 Å². The largest absolute Gasteiger partial charge is 0.481 e. The first-order valence-corrected chi connectivity index (χ1v) is 7.53. The van der Waals surface area contributed by atoms with Crippen molar-refractivity contribution in [3.63, 3.8) is 0 Å². The molecule has 7 heteroatoms. The highest BCUT2D eigenvalue weighted by atomic mass is 19.1. The molecule has 0 unspecified atom stereocenters. The summed E-state index contributed by atoms with van der Waals surface area (Å²) in [5, 5.41) is 0. The molecule has 0 N–H and O–H groups in total. The zero-order valence-corrected chi connectivity index (χ0v) is 13.7. The molecule has 0 radical (unpaired) electrons. The summed E-state index contributed by atoms with van der Waals surface area (Å²) in [6, 6.07) is 5.70. The van der Waals surface area contributed by atoms with Crippen LogP contribution in [0.1, 0.15) is 17.0 Å². The minimum Gasteiger partial charge on any atom is -0.481 e. The number of aryl methyl sites for hydroxylation is 2. The summed E-state index contributed by atoms with van der Waals surface area (Å²) in [7, 11) is 0. The normalized spacial score (nSPS) is 10.7. The van der Waals surface area contributed by atoms with E-state index in [2.05, 4.69) is 9.97 Å². The Balaban J connectivity index is 1.95. The lowest BCUT2D eigenvalue weighted by Crippen LogP contribution is -2.23. The van der Waals surface area contributed by atoms with Crippen molar-refractivity contribution in [2.24, 2.45) is 0 Å². The molecule has 3 aromatic rings. The Morgan fingerprint density at radius 3 is 2.68 bits per heavy atom. The topological polar surface area (TPSA) is 57.0 Å². The number of ether oxygens (including phenoxy) is 1. The van der Waals surface area contributed by atoms with Crippen LogP contribution >= 0.6 is 0 Å². The van der Waals surface area contributed by atoms with Crippen molar-refractivity contribution in [3.05, 3.63) is 81.8 Å². The maximum Gasteiger partial charge on any atom is 0.297 e. The molecule has 0 aliphatic carbocycles. The van der Waals surface area contributed by atoms with E-state index in [1.807, 2.05) is 6.92 Å². The second-order valence-electron chi connectivity index (χ2n) is 5.51. The maximum atomic E-state index is 13.6. The highest BCUT2D eigenvalue weighted by Gasteiger charge is 2.13. The van der Waals surface area contributed by atoms with Gasteiger partial charge in [0.2, 0.25) is 0 Å². The molecule has 0 amide bonds. The van der Waals surface area contributed by atoms with Crippen molar-refractivity contribution >= 4 is 0 Å². The van der Waals surface area contributed by atoms with Gasteiger partial charge in [-0.25, -0.2) is 8.78 Å². The summed E-state index contributed by atoms with van der Waals surface area (Å²) in [5.41, 5.74) is 1.78. The van der Waals surface area contributed by atoms with Crippen molar-refractivity contribution in [2.75, 3.05) is 0 Å². The number of aromatic nitrogens is 3. The third-order valence-corrected chi connectivity index (χ3v) is 3.72. The predicted octanol–water partition coefficient (Wildman–Crippen LogP) is 3.10. The number of hydrogen-bond donors (Lipinski definition) is 0. The quantitative estimate of drug-likeness (QED) is 0.730. The summed E-state index contributed by atoms with van der Waals surface area (Å²) in [4.78, 5) is 20.4. The standard InChI is InChI=1S/C18H15F2N3O2/c1-11-8-21-6-5-16(11)23-12(2)3-4-17(18(23)24)25-10-15-14(20)7-13(19)9-22-15/h3-9H,10H2,1-2H3. The molecule has 0 spiro atoms. The van der Waals surface area contributed by atoms with Gasteiger partial charge in [-0.05, 0) is 37.6 Å². The highest BCUT2D eigenvalue weighted by Crippen LogP contribution is 2.16. The third kappa shape index (κ3) is 3.40. The van der Waals surface area contributed by atoms with E-state index in [0.29, 0.717) is 5.69 Å². The average molecular weight is 343 g/mol. The lowest BCUT2D eigenvalue weighted by Gasteiger charge is -2.14. The summed E-state index contributed by atoms with van der Waals surface area (Å²) in [6.45, 7) is 3.37. The Morgan fingerprint density at radius 1 is 1.16 bits per heavy atom. The molecule has 0 aliphatic rings. The first-order valence-electron chi connectivity index (χ1n) is 7.53. The maximum absolute atomic E-state index is 13.6. The summed E-state index contributed by atoms with van der Waals surface area (Å²) in [6.07, 6.45) is 4.15. The number of hydrogen-bond acceptors (Lipinski definition) is 4. The van der Waals surface area contributed by atoms with Crippen LogP contribution in [0.2, 0.25) is 0 Å². The van der Waals surface area contributed by atoms with Gasteiger partial charge in [0.1, 0.15) is 18.1 Å². The van der Waals surface area contributed by atoms with Crippen LogP contribution in [-0.4, -0.2) is 14.5 Å². The molecule has 0 bridgehead atoms. The minimum absolute atomic E-state index is 0.0485. The zero-order valence-electron chi connectivity index (χ0n) is 13.7. The Labute approximate surface area is 142 Å². The van der Waals surface area contributed by atoms with E-state index in [0.717, 1.165) is 23.5 Å². The first kappa shape index (κ1) is 16.8. The molecule has 0 saturated heterocycles. The fraction of sp³-hybridized carbons (Fsp3) is 0.167. The van der Waals surface area contributed by atoms with E-state index >= 15 is 0 Å². The Bertz CT molecular complexity index is 986. The van der Waals surface area contributed by atoms with Gasteiger partial charge in [-0.1, -0.05) is 0 Å². The first-order chi connectivity index (χ1) is 12.0. The molecule has 25 heavy (non-hydrogen) atoms. The summed E-state index contributed by atoms with van der Waals surface area (Å²) in [5.74, 6) is -1.54. The van der Waals surface area contributed by atoms with Crippen molar-refractivity contribution in [1.82, 2.24) is 14.5 Å². The van der Waals surface area contributed by atoms with E-state index in [-0.39, 0.29) is 23.6 Å². The van der Waals surface area contributed by atoms with Gasteiger partial charge in [-0.3, -0.25) is 19.3 Å². The van der Waals surface area contributed by atoms with E-state index in [9.17, 15) is 13.6 Å². The lowest BCUT2D eigenvalue weighted by atomic mass is 10.2. The van der Waals surface area contributed by atoms with Gasteiger partial charge in [-0.2, -0.15) is 0 Å². The number of rotatable bonds is 4. The number of nitrogens with zero attached hydrogens (tertiary/aromatic N) is 3. The van der Waals surface area contributed by atoms with Gasteiger partial charge in [0.25, 0.3) is 5.56 Å². The third-order valence-electron chi connectivity index (χ3n) is 3.72. The lowest BCUT2D eigenvalue weighted by molar-refractivity contribution is 0.288. The number of pyridine rings is 3. The molecular weight excluding hydrogens is 328 g/mol. The summed E-state index contributed by atoms with van der Waals surface area (Å²) < 4.78 is 33.5. The van der Waals surface area contributed by atoms with E-state index in [4.69, 9.17) is 4.74 Å². The molecule has 0 atom stereocenters. The van der Waals surface area contributed by atoms with E-state index < -0.39 is 11.6 Å². The Kier molecular flexibility index (Phi) is 4.56. The molecule has 128 valence electrons. The Hall–Kier alpha value is -3.09. The van der Waals surface area contributed by atoms with E-state index in [1.165, 1.54) is 10.6 Å². The van der Waals surface area contributed by atoms with Crippen LogP contribution < -0.4 is 10.3 Å². The van der Waals surface area contributed by atoms with Gasteiger partial charge < -0.3 is 4.74 Å². The van der Waals surface area contributed by atoms with Gasteiger partial charge >= 0.3 is 0 Å². The van der Waals surface area contributed by atoms with Crippen LogP contribution in [-0.2, 0) is 6.61 Å². The Morgan fingerprint density at radius 2 is 1.96 bits per heavy atom. The van der Waals surface area contributed by atoms with E-state index in [1.54, 1.807) is 31.5 Å². The zero-order chi connectivity index (χ0) is 18.0. The monoisotopic (exact) mass is 343 g/mol. The molecule has 0 fully saturated rings. The molecule has 0 saturated carbocycles. The fourth-order valence-electron chi connectivity index (χ4n) is 2.43. The van der Waals surface area contributed by atoms with Gasteiger partial charge in [0, 0.05) is 24.2 Å². The van der Waals surface area contributed by atoms with Gasteiger partial charge in [-0.15, -0.1) is 0 Å². The predicted molar refractivity (Wildman–Crippen MR) is 87.8 cm³/mol. The van der Waals surface area contributed by atoms with Crippen LogP contribution in [0, 0.1) is 25.5 Å². The summed E-state index contributed by atoms with van der Waals surface area (Å²) >= 11 is 0. The fourth-order valence-corrected chi connectivity index (χ4v) is 2.43. The molecular formula is C18H15F2N3O2. The van der Waals surface area contributed by atoms with Crippen LogP contribution in [0.25, 0.3) is 5.69 Å². The van der Waals surface area contributed by atoms with Gasteiger partial charge in [0.05, 0.1) is 11.9 Å². The van der Waals surface area contributed by atoms with Crippen molar-refractivity contribution in [2.45, 2.75) is 20.5 Å². The molecule has 3 rings (SSSR count). The second-order valence-corrected chi connectivity index (χ2v) is 5.51. The van der Waals surface area contributed by atoms with Crippen molar-refractivity contribution in [3.8, 4) is 11.4 Å². The molecule has 0 aromatic carbocycles. The molecule has 3 heterocycles.